The monoisotopic (exact) mass is 467 g/mol. The minimum atomic E-state index is -3.91. The molecule has 1 amide bonds. The van der Waals surface area contributed by atoms with E-state index in [1.807, 2.05) is 31.2 Å². The zero-order valence-electron chi connectivity index (χ0n) is 18.7. The average molecular weight is 468 g/mol. The Labute approximate surface area is 195 Å². The van der Waals surface area contributed by atoms with Gasteiger partial charge in [0.05, 0.1) is 35.6 Å². The number of furan rings is 1. The number of nitrogens with one attached hydrogen (secondary N) is 1. The number of hydrogen-bond acceptors (Lipinski definition) is 5. The van der Waals surface area contributed by atoms with Crippen LogP contribution in [0.1, 0.15) is 30.6 Å². The zero-order valence-corrected chi connectivity index (χ0v) is 19.6. The van der Waals surface area contributed by atoms with Gasteiger partial charge < -0.3 is 14.6 Å². The number of anilines is 2. The number of benzene rings is 2. The van der Waals surface area contributed by atoms with Gasteiger partial charge >= 0.3 is 0 Å². The number of amides is 1. The maximum Gasteiger partial charge on any atom is 0.243 e. The summed E-state index contributed by atoms with van der Waals surface area (Å²) in [5, 5.41) is 2.93. The first-order valence-electron chi connectivity index (χ1n) is 11.2. The molecule has 33 heavy (non-hydrogen) atoms. The molecule has 1 saturated heterocycles. The fourth-order valence-corrected chi connectivity index (χ4v) is 5.36. The van der Waals surface area contributed by atoms with Crippen LogP contribution in [0.5, 0.6) is 0 Å². The van der Waals surface area contributed by atoms with Crippen LogP contribution in [0.25, 0.3) is 0 Å². The molecule has 2 aromatic carbocycles. The van der Waals surface area contributed by atoms with Crippen molar-refractivity contribution in [3.63, 3.8) is 0 Å². The van der Waals surface area contributed by atoms with E-state index in [4.69, 9.17) is 4.42 Å². The Balaban J connectivity index is 1.55. The molecular weight excluding hydrogens is 438 g/mol. The Hall–Kier alpha value is -3.10. The summed E-state index contributed by atoms with van der Waals surface area (Å²) >= 11 is 0. The molecule has 0 saturated carbocycles. The van der Waals surface area contributed by atoms with Gasteiger partial charge in [0.15, 0.2) is 0 Å². The largest absolute Gasteiger partial charge is 0.468 e. The van der Waals surface area contributed by atoms with Crippen LogP contribution in [0.4, 0.5) is 11.4 Å². The summed E-state index contributed by atoms with van der Waals surface area (Å²) in [7, 11) is -3.91. The number of carbonyl (C=O) groups excluding carboxylic acids is 1. The first-order chi connectivity index (χ1) is 15.9. The van der Waals surface area contributed by atoms with Crippen molar-refractivity contribution in [2.45, 2.75) is 37.6 Å². The smallest absolute Gasteiger partial charge is 0.243 e. The number of piperidine rings is 1. The van der Waals surface area contributed by atoms with Crippen molar-refractivity contribution >= 4 is 27.3 Å². The highest BCUT2D eigenvalue weighted by Gasteiger charge is 2.28. The van der Waals surface area contributed by atoms with E-state index in [0.29, 0.717) is 11.4 Å². The van der Waals surface area contributed by atoms with Crippen LogP contribution in [0.3, 0.4) is 0 Å². The molecule has 0 bridgehead atoms. The van der Waals surface area contributed by atoms with Gasteiger partial charge in [0.1, 0.15) is 5.76 Å². The lowest BCUT2D eigenvalue weighted by molar-refractivity contribution is -0.116. The van der Waals surface area contributed by atoms with Gasteiger partial charge in [-0.05, 0) is 62.6 Å². The van der Waals surface area contributed by atoms with Crippen molar-refractivity contribution in [1.29, 1.82) is 0 Å². The van der Waals surface area contributed by atoms with E-state index in [2.05, 4.69) is 10.2 Å². The Morgan fingerprint density at radius 2 is 1.73 bits per heavy atom. The Kier molecular flexibility index (Phi) is 7.15. The quantitative estimate of drug-likeness (QED) is 0.531. The highest BCUT2D eigenvalue weighted by atomic mass is 32.2. The standard InChI is InChI=1S/C25H29N3O4S/c1-20-11-13-22(14-12-20)33(30,31)28(18-21-8-7-17-32-21)19-25(29)26-23-9-3-4-10-24(23)27-15-5-2-6-16-27/h3-4,7-14,17H,2,5-6,15-16,18-19H2,1H3,(H,26,29). The maximum absolute atomic E-state index is 13.4. The Morgan fingerprint density at radius 1 is 1.00 bits per heavy atom. The van der Waals surface area contributed by atoms with E-state index in [0.717, 1.165) is 41.5 Å². The molecule has 174 valence electrons. The van der Waals surface area contributed by atoms with Crippen LogP contribution in [-0.2, 0) is 21.4 Å². The van der Waals surface area contributed by atoms with Crippen molar-refractivity contribution in [1.82, 2.24) is 4.31 Å². The molecule has 0 unspecified atom stereocenters. The zero-order chi connectivity index (χ0) is 23.3. The number of rotatable bonds is 8. The van der Waals surface area contributed by atoms with Gasteiger partial charge in [-0.1, -0.05) is 29.8 Å². The number of aryl methyl sites for hydroxylation is 1. The SMILES string of the molecule is Cc1ccc(S(=O)(=O)N(CC(=O)Nc2ccccc2N2CCCCC2)Cc2ccco2)cc1. The van der Waals surface area contributed by atoms with Gasteiger partial charge in [0.2, 0.25) is 15.9 Å². The summed E-state index contributed by atoms with van der Waals surface area (Å²) in [6.07, 6.45) is 4.94. The normalized spacial score (nSPS) is 14.4. The Morgan fingerprint density at radius 3 is 2.42 bits per heavy atom. The fourth-order valence-electron chi connectivity index (χ4n) is 4.00. The predicted octanol–water partition coefficient (Wildman–Crippen LogP) is 4.41. The number of nitrogens with zero attached hydrogens (tertiary/aromatic N) is 2. The lowest BCUT2D eigenvalue weighted by Gasteiger charge is -2.30. The Bertz CT molecular complexity index is 1170. The molecule has 2 heterocycles. The number of hydrogen-bond donors (Lipinski definition) is 1. The van der Waals surface area contributed by atoms with Crippen LogP contribution in [0.15, 0.2) is 76.2 Å². The molecule has 1 aliphatic rings. The van der Waals surface area contributed by atoms with Gasteiger partial charge in [0, 0.05) is 13.1 Å². The molecule has 8 heteroatoms. The second-order valence-electron chi connectivity index (χ2n) is 8.28. The molecule has 0 atom stereocenters. The molecule has 0 radical (unpaired) electrons. The second-order valence-corrected chi connectivity index (χ2v) is 10.2. The van der Waals surface area contributed by atoms with E-state index < -0.39 is 15.9 Å². The van der Waals surface area contributed by atoms with Crippen molar-refractivity contribution in [3.8, 4) is 0 Å². The van der Waals surface area contributed by atoms with Gasteiger partial charge in [-0.3, -0.25) is 4.79 Å². The first-order valence-corrected chi connectivity index (χ1v) is 12.6. The third-order valence-electron chi connectivity index (χ3n) is 5.77. The van der Waals surface area contributed by atoms with E-state index in [1.54, 1.807) is 36.4 Å². The van der Waals surface area contributed by atoms with E-state index in [9.17, 15) is 13.2 Å². The third kappa shape index (κ3) is 5.64. The van der Waals surface area contributed by atoms with Gasteiger partial charge in [-0.25, -0.2) is 8.42 Å². The van der Waals surface area contributed by atoms with Gasteiger partial charge in [0.25, 0.3) is 0 Å². The second kappa shape index (κ2) is 10.2. The van der Waals surface area contributed by atoms with Crippen LogP contribution >= 0.6 is 0 Å². The number of carbonyl (C=O) groups is 1. The van der Waals surface area contributed by atoms with Gasteiger partial charge in [-0.2, -0.15) is 4.31 Å². The molecular formula is C25H29N3O4S. The molecule has 1 fully saturated rings. The van der Waals surface area contributed by atoms with Crippen LogP contribution in [-0.4, -0.2) is 38.3 Å². The molecule has 0 spiro atoms. The summed E-state index contributed by atoms with van der Waals surface area (Å²) in [5.74, 6) is 0.0638. The topological polar surface area (TPSA) is 82.9 Å². The average Bonchev–Trinajstić information content (AvgIpc) is 3.33. The van der Waals surface area contributed by atoms with E-state index in [1.165, 1.54) is 12.7 Å². The third-order valence-corrected chi connectivity index (χ3v) is 7.57. The van der Waals surface area contributed by atoms with Crippen molar-refractivity contribution < 1.29 is 17.6 Å². The summed E-state index contributed by atoms with van der Waals surface area (Å²) in [5.41, 5.74) is 2.61. The molecule has 4 rings (SSSR count). The summed E-state index contributed by atoms with van der Waals surface area (Å²) < 4.78 is 33.3. The fraction of sp³-hybridized carbons (Fsp3) is 0.320. The molecule has 0 aliphatic carbocycles. The summed E-state index contributed by atoms with van der Waals surface area (Å²) in [6.45, 7) is 3.42. The van der Waals surface area contributed by atoms with Crippen LogP contribution in [0, 0.1) is 6.92 Å². The van der Waals surface area contributed by atoms with Crippen LogP contribution < -0.4 is 10.2 Å². The lowest BCUT2D eigenvalue weighted by Crippen LogP contribution is -2.38. The predicted molar refractivity (Wildman–Crippen MR) is 129 cm³/mol. The highest BCUT2D eigenvalue weighted by molar-refractivity contribution is 7.89. The summed E-state index contributed by atoms with van der Waals surface area (Å²) in [6, 6.07) is 17.7. The minimum Gasteiger partial charge on any atom is -0.468 e. The van der Waals surface area contributed by atoms with Crippen LogP contribution in [0.2, 0.25) is 0 Å². The van der Waals surface area contributed by atoms with Crippen molar-refractivity contribution in [3.05, 3.63) is 78.3 Å². The lowest BCUT2D eigenvalue weighted by atomic mass is 10.1. The molecule has 1 aromatic heterocycles. The van der Waals surface area contributed by atoms with Crippen molar-refractivity contribution in [2.24, 2.45) is 0 Å². The first kappa shape index (κ1) is 23.1. The minimum absolute atomic E-state index is 0.0373. The van der Waals surface area contributed by atoms with Crippen molar-refractivity contribution in [2.75, 3.05) is 29.9 Å². The number of para-hydroxylation sites is 2. The molecule has 3 aromatic rings. The molecule has 1 aliphatic heterocycles. The maximum atomic E-state index is 13.4. The van der Waals surface area contributed by atoms with E-state index in [-0.39, 0.29) is 18.0 Å². The molecule has 7 nitrogen and oxygen atoms in total. The van der Waals surface area contributed by atoms with Gasteiger partial charge in [-0.15, -0.1) is 0 Å². The molecule has 1 N–H and O–H groups in total. The highest BCUT2D eigenvalue weighted by Crippen LogP contribution is 2.28. The number of sulfonamides is 1. The van der Waals surface area contributed by atoms with E-state index >= 15 is 0 Å². The summed E-state index contributed by atoms with van der Waals surface area (Å²) in [4.78, 5) is 15.5.